The fourth-order valence-corrected chi connectivity index (χ4v) is 2.94. The van der Waals surface area contributed by atoms with Crippen LogP contribution in [-0.4, -0.2) is 31.8 Å². The van der Waals surface area contributed by atoms with Crippen LogP contribution in [0, 0.1) is 5.82 Å². The van der Waals surface area contributed by atoms with Gasteiger partial charge in [-0.2, -0.15) is 10.1 Å². The minimum atomic E-state index is -0.445. The maximum absolute atomic E-state index is 13.6. The van der Waals surface area contributed by atoms with Crippen molar-refractivity contribution in [3.63, 3.8) is 0 Å². The topological polar surface area (TPSA) is 92.2 Å². The number of nitrogens with one attached hydrogen (secondary N) is 2. The van der Waals surface area contributed by atoms with Crippen LogP contribution in [0.3, 0.4) is 0 Å². The van der Waals surface area contributed by atoms with E-state index in [0.717, 1.165) is 0 Å². The fraction of sp³-hybridized carbons (Fsp3) is 0.158. The van der Waals surface area contributed by atoms with E-state index in [1.165, 1.54) is 16.6 Å². The number of rotatable bonds is 3. The van der Waals surface area contributed by atoms with Crippen LogP contribution in [0.4, 0.5) is 4.39 Å². The Morgan fingerprint density at radius 1 is 1.22 bits per heavy atom. The second-order valence-electron chi connectivity index (χ2n) is 6.51. The zero-order valence-corrected chi connectivity index (χ0v) is 14.7. The molecule has 0 aliphatic heterocycles. The van der Waals surface area contributed by atoms with E-state index in [-0.39, 0.29) is 17.6 Å². The molecule has 2 aromatic heterocycles. The maximum Gasteiger partial charge on any atom is 0.281 e. The highest BCUT2D eigenvalue weighted by atomic mass is 19.1. The average molecular weight is 365 g/mol. The molecule has 7 nitrogen and oxygen atoms in total. The van der Waals surface area contributed by atoms with Crippen molar-refractivity contribution in [2.24, 2.45) is 0 Å². The molecular formula is C19H16FN5O2. The van der Waals surface area contributed by atoms with Crippen LogP contribution in [0.5, 0.6) is 0 Å². The van der Waals surface area contributed by atoms with Gasteiger partial charge in [-0.25, -0.2) is 14.1 Å². The number of carbonyl (C=O) groups is 1. The van der Waals surface area contributed by atoms with E-state index in [2.05, 4.69) is 20.6 Å². The number of H-pyrrole nitrogens is 1. The molecule has 1 amide bonds. The summed E-state index contributed by atoms with van der Waals surface area (Å²) >= 11 is 0. The first-order chi connectivity index (χ1) is 12.9. The van der Waals surface area contributed by atoms with Crippen LogP contribution in [0.15, 0.2) is 47.3 Å². The summed E-state index contributed by atoms with van der Waals surface area (Å²) in [7, 11) is 0. The zero-order valence-electron chi connectivity index (χ0n) is 14.7. The Labute approximate surface area is 152 Å². The molecule has 0 saturated carbocycles. The molecule has 2 N–H and O–H groups in total. The third-order valence-electron chi connectivity index (χ3n) is 4.14. The van der Waals surface area contributed by atoms with E-state index in [1.54, 1.807) is 30.3 Å². The number of amides is 1. The molecule has 0 aliphatic rings. The summed E-state index contributed by atoms with van der Waals surface area (Å²) in [5.74, 6) is -0.654. The summed E-state index contributed by atoms with van der Waals surface area (Å²) in [6.45, 7) is 3.73. The highest BCUT2D eigenvalue weighted by molar-refractivity contribution is 5.98. The molecule has 0 aliphatic carbocycles. The number of nitrogens with zero attached hydrogens (tertiary/aromatic N) is 3. The molecular weight excluding hydrogens is 349 g/mol. The van der Waals surface area contributed by atoms with Crippen LogP contribution in [-0.2, 0) is 0 Å². The number of halogens is 1. The van der Waals surface area contributed by atoms with Gasteiger partial charge in [0.2, 0.25) is 0 Å². The fourth-order valence-electron chi connectivity index (χ4n) is 2.94. The summed E-state index contributed by atoms with van der Waals surface area (Å²) in [6.07, 6.45) is 0. The number of fused-ring (bicyclic) bond motifs is 3. The van der Waals surface area contributed by atoms with E-state index in [9.17, 15) is 14.0 Å². The standard InChI is InChI=1S/C19H16FN5O2/c1-10(2)21-18(26)12-6-7-14-15(9-12)25-17(22-19(14)27)16(23-24-25)11-4-3-5-13(20)8-11/h3-10,24H,1-2H3,(H,21,26). The summed E-state index contributed by atoms with van der Waals surface area (Å²) in [5.41, 5.74) is 1.55. The van der Waals surface area contributed by atoms with Gasteiger partial charge >= 0.3 is 0 Å². The molecule has 2 heterocycles. The molecule has 0 atom stereocenters. The van der Waals surface area contributed by atoms with Gasteiger partial charge in [0.05, 0.1) is 10.9 Å². The average Bonchev–Trinajstić information content (AvgIpc) is 3.05. The molecule has 4 rings (SSSR count). The van der Waals surface area contributed by atoms with Crippen LogP contribution < -0.4 is 10.9 Å². The number of benzene rings is 2. The lowest BCUT2D eigenvalue weighted by Crippen LogP contribution is -2.30. The summed E-state index contributed by atoms with van der Waals surface area (Å²) in [6, 6.07) is 10.6. The number of carbonyl (C=O) groups excluding carboxylic acids is 1. The number of aromatic amines is 1. The Bertz CT molecular complexity index is 1240. The predicted molar refractivity (Wildman–Crippen MR) is 99.1 cm³/mol. The largest absolute Gasteiger partial charge is 0.350 e. The van der Waals surface area contributed by atoms with Crippen LogP contribution in [0.25, 0.3) is 27.8 Å². The number of hydrogen-bond acceptors (Lipinski definition) is 4. The van der Waals surface area contributed by atoms with Crippen molar-refractivity contribution < 1.29 is 9.18 Å². The molecule has 8 heteroatoms. The first-order valence-electron chi connectivity index (χ1n) is 8.42. The SMILES string of the molecule is CC(C)NC(=O)c1ccc2c(=O)nc3c(-c4cccc(F)c4)n[nH]n3c2c1. The highest BCUT2D eigenvalue weighted by Gasteiger charge is 2.16. The Morgan fingerprint density at radius 2 is 2.04 bits per heavy atom. The molecule has 0 saturated heterocycles. The minimum Gasteiger partial charge on any atom is -0.350 e. The lowest BCUT2D eigenvalue weighted by Gasteiger charge is -2.09. The molecule has 0 radical (unpaired) electrons. The molecule has 0 spiro atoms. The molecule has 27 heavy (non-hydrogen) atoms. The second kappa shape index (κ2) is 6.31. The van der Waals surface area contributed by atoms with E-state index in [0.29, 0.717) is 27.7 Å². The van der Waals surface area contributed by atoms with Gasteiger partial charge in [-0.15, -0.1) is 0 Å². The second-order valence-corrected chi connectivity index (χ2v) is 6.51. The van der Waals surface area contributed by atoms with Gasteiger partial charge in [0.25, 0.3) is 11.5 Å². The quantitative estimate of drug-likeness (QED) is 0.583. The lowest BCUT2D eigenvalue weighted by atomic mass is 10.1. The Morgan fingerprint density at radius 3 is 2.78 bits per heavy atom. The molecule has 4 aromatic rings. The smallest absolute Gasteiger partial charge is 0.281 e. The lowest BCUT2D eigenvalue weighted by molar-refractivity contribution is 0.0943. The predicted octanol–water partition coefficient (Wildman–Crippen LogP) is 2.52. The van der Waals surface area contributed by atoms with Gasteiger partial charge in [0.15, 0.2) is 5.65 Å². The van der Waals surface area contributed by atoms with Crippen molar-refractivity contribution in [1.29, 1.82) is 0 Å². The normalized spacial score (nSPS) is 11.4. The molecule has 136 valence electrons. The molecule has 0 bridgehead atoms. The summed E-state index contributed by atoms with van der Waals surface area (Å²) in [4.78, 5) is 28.8. The van der Waals surface area contributed by atoms with Crippen molar-refractivity contribution in [3.05, 3.63) is 64.2 Å². The van der Waals surface area contributed by atoms with Gasteiger partial charge in [0, 0.05) is 17.2 Å². The molecule has 2 aromatic carbocycles. The Kier molecular flexibility index (Phi) is 3.95. The highest BCUT2D eigenvalue weighted by Crippen LogP contribution is 2.23. The van der Waals surface area contributed by atoms with Gasteiger partial charge in [-0.3, -0.25) is 9.59 Å². The summed E-state index contributed by atoms with van der Waals surface area (Å²) < 4.78 is 15.1. The monoisotopic (exact) mass is 365 g/mol. The third kappa shape index (κ3) is 2.95. The number of aromatic nitrogens is 4. The van der Waals surface area contributed by atoms with Crippen molar-refractivity contribution in [3.8, 4) is 11.3 Å². The van der Waals surface area contributed by atoms with Crippen molar-refractivity contribution in [2.75, 3.05) is 0 Å². The van der Waals surface area contributed by atoms with E-state index in [1.807, 2.05) is 13.8 Å². The molecule has 0 unspecified atom stereocenters. The first-order valence-corrected chi connectivity index (χ1v) is 8.42. The van der Waals surface area contributed by atoms with Gasteiger partial charge in [-0.05, 0) is 44.2 Å². The Hall–Kier alpha value is -3.55. The minimum absolute atomic E-state index is 0.0138. The van der Waals surface area contributed by atoms with Gasteiger partial charge in [0.1, 0.15) is 11.5 Å². The van der Waals surface area contributed by atoms with Crippen molar-refractivity contribution in [2.45, 2.75) is 19.9 Å². The van der Waals surface area contributed by atoms with E-state index < -0.39 is 11.4 Å². The number of hydrogen-bond donors (Lipinski definition) is 2. The van der Waals surface area contributed by atoms with Crippen molar-refractivity contribution >= 4 is 22.5 Å². The van der Waals surface area contributed by atoms with Crippen LogP contribution in [0.2, 0.25) is 0 Å². The third-order valence-corrected chi connectivity index (χ3v) is 4.14. The first kappa shape index (κ1) is 16.9. The Balaban J connectivity index is 1.95. The van der Waals surface area contributed by atoms with E-state index in [4.69, 9.17) is 0 Å². The van der Waals surface area contributed by atoms with Crippen LogP contribution >= 0.6 is 0 Å². The van der Waals surface area contributed by atoms with Gasteiger partial charge < -0.3 is 5.32 Å². The molecule has 0 fully saturated rings. The zero-order chi connectivity index (χ0) is 19.1. The van der Waals surface area contributed by atoms with Crippen molar-refractivity contribution in [1.82, 2.24) is 25.1 Å². The maximum atomic E-state index is 13.6. The van der Waals surface area contributed by atoms with Crippen LogP contribution in [0.1, 0.15) is 24.2 Å². The van der Waals surface area contributed by atoms with E-state index >= 15 is 0 Å². The van der Waals surface area contributed by atoms with Gasteiger partial charge in [-0.1, -0.05) is 12.1 Å². The summed E-state index contributed by atoms with van der Waals surface area (Å²) in [5, 5.41) is 10.1.